The molecule has 0 saturated carbocycles. The van der Waals surface area contributed by atoms with Crippen molar-refractivity contribution < 1.29 is 18.7 Å². The van der Waals surface area contributed by atoms with Gasteiger partial charge in [0.05, 0.1) is 12.7 Å². The molecule has 0 radical (unpaired) electrons. The normalized spacial score (nSPS) is 18.5. The topological polar surface area (TPSA) is 70.7 Å². The van der Waals surface area contributed by atoms with E-state index >= 15 is 0 Å². The first-order chi connectivity index (χ1) is 9.56. The van der Waals surface area contributed by atoms with Crippen LogP contribution >= 0.6 is 0 Å². The lowest BCUT2D eigenvalue weighted by molar-refractivity contribution is -0.00390. The number of carbonyl (C=O) groups is 2. The molecule has 1 heterocycles. The fraction of sp³-hybridized carbons (Fsp3) is 0.385. The summed E-state index contributed by atoms with van der Waals surface area (Å²) in [6, 6.07) is 4.65. The standard InChI is InChI=1S/C13H16FN3O3/c1-9-8-17(6-7-20-9)13(19)16-15-12(18)10-2-4-11(14)5-3-10/h2-5,9H,6-8H2,1H3,(H,15,18)(H,16,19)/t9-/m0/s1. The predicted molar refractivity (Wildman–Crippen MR) is 69.4 cm³/mol. The number of amides is 3. The van der Waals surface area contributed by atoms with E-state index in [1.54, 1.807) is 4.90 Å². The summed E-state index contributed by atoms with van der Waals surface area (Å²) in [4.78, 5) is 25.1. The maximum absolute atomic E-state index is 12.7. The van der Waals surface area contributed by atoms with Gasteiger partial charge in [-0.3, -0.25) is 10.2 Å². The second-order valence-electron chi connectivity index (χ2n) is 4.52. The number of hydrogen-bond donors (Lipinski definition) is 2. The van der Waals surface area contributed by atoms with E-state index in [0.717, 1.165) is 0 Å². The Kier molecular flexibility index (Phi) is 4.52. The molecule has 108 valence electrons. The van der Waals surface area contributed by atoms with E-state index in [1.807, 2.05) is 6.92 Å². The van der Waals surface area contributed by atoms with Gasteiger partial charge in [-0.2, -0.15) is 0 Å². The molecule has 20 heavy (non-hydrogen) atoms. The highest BCUT2D eigenvalue weighted by atomic mass is 19.1. The van der Waals surface area contributed by atoms with Crippen LogP contribution in [0.25, 0.3) is 0 Å². The van der Waals surface area contributed by atoms with Crippen LogP contribution in [-0.4, -0.2) is 42.6 Å². The summed E-state index contributed by atoms with van der Waals surface area (Å²) in [5.74, 6) is -0.924. The van der Waals surface area contributed by atoms with Gasteiger partial charge in [-0.1, -0.05) is 0 Å². The minimum atomic E-state index is -0.500. The van der Waals surface area contributed by atoms with Crippen molar-refractivity contribution in [3.05, 3.63) is 35.6 Å². The Labute approximate surface area is 115 Å². The number of rotatable bonds is 1. The van der Waals surface area contributed by atoms with E-state index in [2.05, 4.69) is 10.9 Å². The Balaban J connectivity index is 1.83. The highest BCUT2D eigenvalue weighted by molar-refractivity contribution is 5.95. The van der Waals surface area contributed by atoms with Crippen molar-refractivity contribution in [1.29, 1.82) is 0 Å². The van der Waals surface area contributed by atoms with E-state index in [0.29, 0.717) is 19.7 Å². The molecular weight excluding hydrogens is 265 g/mol. The molecule has 1 aliphatic heterocycles. The lowest BCUT2D eigenvalue weighted by Crippen LogP contribution is -2.53. The van der Waals surface area contributed by atoms with Gasteiger partial charge in [0.1, 0.15) is 5.82 Å². The van der Waals surface area contributed by atoms with Gasteiger partial charge in [0.2, 0.25) is 0 Å². The molecule has 6 nitrogen and oxygen atoms in total. The van der Waals surface area contributed by atoms with E-state index < -0.39 is 17.8 Å². The number of nitrogens with zero attached hydrogens (tertiary/aromatic N) is 1. The summed E-state index contributed by atoms with van der Waals surface area (Å²) in [6.45, 7) is 3.29. The van der Waals surface area contributed by atoms with Crippen LogP contribution in [0.4, 0.5) is 9.18 Å². The summed E-state index contributed by atoms with van der Waals surface area (Å²) in [5.41, 5.74) is 4.88. The Hall–Kier alpha value is -2.15. The van der Waals surface area contributed by atoms with Crippen LogP contribution in [0.2, 0.25) is 0 Å². The van der Waals surface area contributed by atoms with Crippen molar-refractivity contribution in [2.45, 2.75) is 13.0 Å². The molecule has 7 heteroatoms. The number of hydrazine groups is 1. The molecule has 0 aromatic heterocycles. The van der Waals surface area contributed by atoms with Crippen LogP contribution < -0.4 is 10.9 Å². The van der Waals surface area contributed by atoms with E-state index in [4.69, 9.17) is 4.74 Å². The van der Waals surface area contributed by atoms with Crippen LogP contribution in [0.1, 0.15) is 17.3 Å². The van der Waals surface area contributed by atoms with Crippen molar-refractivity contribution in [3.8, 4) is 0 Å². The predicted octanol–water partition coefficient (Wildman–Crippen LogP) is 0.901. The van der Waals surface area contributed by atoms with Crippen molar-refractivity contribution in [1.82, 2.24) is 15.8 Å². The average molecular weight is 281 g/mol. The van der Waals surface area contributed by atoms with E-state index in [9.17, 15) is 14.0 Å². The number of carbonyl (C=O) groups excluding carboxylic acids is 2. The van der Waals surface area contributed by atoms with Crippen molar-refractivity contribution in [3.63, 3.8) is 0 Å². The molecular formula is C13H16FN3O3. The fourth-order valence-corrected chi connectivity index (χ4v) is 1.87. The molecule has 2 rings (SSSR count). The first-order valence-electron chi connectivity index (χ1n) is 6.28. The molecule has 1 aromatic carbocycles. The Morgan fingerprint density at radius 2 is 2.00 bits per heavy atom. The van der Waals surface area contributed by atoms with Gasteiger partial charge >= 0.3 is 6.03 Å². The SMILES string of the molecule is C[C@H]1CN(C(=O)NNC(=O)c2ccc(F)cc2)CCO1. The number of halogens is 1. The molecule has 0 bridgehead atoms. The zero-order valence-corrected chi connectivity index (χ0v) is 11.1. The number of urea groups is 1. The third-order valence-electron chi connectivity index (χ3n) is 2.92. The van der Waals surface area contributed by atoms with Gasteiger partial charge in [0.15, 0.2) is 0 Å². The largest absolute Gasteiger partial charge is 0.375 e. The summed E-state index contributed by atoms with van der Waals surface area (Å²) >= 11 is 0. The maximum Gasteiger partial charge on any atom is 0.336 e. The summed E-state index contributed by atoms with van der Waals surface area (Å²) < 4.78 is 18.0. The Morgan fingerprint density at radius 1 is 1.30 bits per heavy atom. The number of morpholine rings is 1. The average Bonchev–Trinajstić information content (AvgIpc) is 2.45. The summed E-state index contributed by atoms with van der Waals surface area (Å²) in [7, 11) is 0. The van der Waals surface area contributed by atoms with Crippen molar-refractivity contribution in [2.24, 2.45) is 0 Å². The fourth-order valence-electron chi connectivity index (χ4n) is 1.87. The zero-order valence-electron chi connectivity index (χ0n) is 11.1. The minimum absolute atomic E-state index is 0.0256. The van der Waals surface area contributed by atoms with Gasteiger partial charge in [-0.25, -0.2) is 14.6 Å². The zero-order chi connectivity index (χ0) is 14.5. The van der Waals surface area contributed by atoms with Crippen LogP contribution in [-0.2, 0) is 4.74 Å². The van der Waals surface area contributed by atoms with E-state index in [1.165, 1.54) is 24.3 Å². The van der Waals surface area contributed by atoms with Crippen LogP contribution in [0.15, 0.2) is 24.3 Å². The number of nitrogens with one attached hydrogen (secondary N) is 2. The smallest absolute Gasteiger partial charge is 0.336 e. The van der Waals surface area contributed by atoms with Gasteiger partial charge < -0.3 is 9.64 Å². The second-order valence-corrected chi connectivity index (χ2v) is 4.52. The highest BCUT2D eigenvalue weighted by Crippen LogP contribution is 2.04. The van der Waals surface area contributed by atoms with E-state index in [-0.39, 0.29) is 11.7 Å². The lowest BCUT2D eigenvalue weighted by atomic mass is 10.2. The molecule has 0 aliphatic carbocycles. The van der Waals surface area contributed by atoms with Crippen LogP contribution in [0.3, 0.4) is 0 Å². The highest BCUT2D eigenvalue weighted by Gasteiger charge is 2.21. The monoisotopic (exact) mass is 281 g/mol. The number of ether oxygens (including phenoxy) is 1. The molecule has 1 aromatic rings. The maximum atomic E-state index is 12.7. The second kappa shape index (κ2) is 6.33. The minimum Gasteiger partial charge on any atom is -0.375 e. The van der Waals surface area contributed by atoms with Crippen LogP contribution in [0, 0.1) is 5.82 Å². The third kappa shape index (κ3) is 3.67. The molecule has 1 saturated heterocycles. The molecule has 0 unspecified atom stereocenters. The molecule has 3 amide bonds. The van der Waals surface area contributed by atoms with Crippen LogP contribution in [0.5, 0.6) is 0 Å². The third-order valence-corrected chi connectivity index (χ3v) is 2.92. The molecule has 1 fully saturated rings. The molecule has 2 N–H and O–H groups in total. The molecule has 1 aliphatic rings. The molecule has 0 spiro atoms. The van der Waals surface area contributed by atoms with Gasteiger partial charge in [-0.05, 0) is 31.2 Å². The lowest BCUT2D eigenvalue weighted by Gasteiger charge is -2.31. The Morgan fingerprint density at radius 3 is 2.65 bits per heavy atom. The quantitative estimate of drug-likeness (QED) is 0.751. The van der Waals surface area contributed by atoms with Gasteiger partial charge in [0.25, 0.3) is 5.91 Å². The number of benzene rings is 1. The van der Waals surface area contributed by atoms with Crippen molar-refractivity contribution in [2.75, 3.05) is 19.7 Å². The summed E-state index contributed by atoms with van der Waals surface area (Å²) in [5, 5.41) is 0. The molecule has 1 atom stereocenters. The Bertz CT molecular complexity index is 492. The number of hydrogen-bond acceptors (Lipinski definition) is 3. The summed E-state index contributed by atoms with van der Waals surface area (Å²) in [6.07, 6.45) is -0.0256. The first-order valence-corrected chi connectivity index (χ1v) is 6.28. The van der Waals surface area contributed by atoms with Crippen molar-refractivity contribution >= 4 is 11.9 Å². The van der Waals surface area contributed by atoms with Gasteiger partial charge in [-0.15, -0.1) is 0 Å². The first kappa shape index (κ1) is 14.3. The van der Waals surface area contributed by atoms with Gasteiger partial charge in [0, 0.05) is 18.7 Å².